The zero-order chi connectivity index (χ0) is 15.6. The Morgan fingerprint density at radius 3 is 2.20 bits per heavy atom. The quantitative estimate of drug-likeness (QED) is 0.865. The fraction of sp³-hybridized carbons (Fsp3) is 0.462. The van der Waals surface area contributed by atoms with Crippen molar-refractivity contribution in [3.8, 4) is 0 Å². The van der Waals surface area contributed by atoms with Crippen LogP contribution in [0.3, 0.4) is 0 Å². The molecule has 1 aromatic carbocycles. The summed E-state index contributed by atoms with van der Waals surface area (Å²) in [6, 6.07) is 4.69. The lowest BCUT2D eigenvalue weighted by Crippen LogP contribution is -2.42. The number of benzene rings is 1. The molecule has 0 saturated carbocycles. The second-order valence-electron chi connectivity index (χ2n) is 5.33. The molecule has 1 rings (SSSR count). The van der Waals surface area contributed by atoms with Crippen LogP contribution in [-0.4, -0.2) is 26.0 Å². The summed E-state index contributed by atoms with van der Waals surface area (Å²) >= 11 is 5.70. The van der Waals surface area contributed by atoms with Gasteiger partial charge in [-0.1, -0.05) is 11.6 Å². The molecule has 0 aliphatic carbocycles. The molecule has 0 radical (unpaired) electrons. The Morgan fingerprint density at radius 1 is 1.25 bits per heavy atom. The van der Waals surface area contributed by atoms with Crippen LogP contribution in [0.4, 0.5) is 0 Å². The molecule has 20 heavy (non-hydrogen) atoms. The Kier molecular flexibility index (Phi) is 5.18. The molecule has 5 nitrogen and oxygen atoms in total. The van der Waals surface area contributed by atoms with Gasteiger partial charge in [-0.15, -0.1) is 0 Å². The standard InChI is InChI=1S/C13H18ClNO4S/c1-9(12(16)19-13(2,3)4)15-20(17,18)11-7-5-10(14)6-8-11/h5-9,15H,1-4H3/t9-/m0/s1. The van der Waals surface area contributed by atoms with E-state index in [1.165, 1.54) is 31.2 Å². The smallest absolute Gasteiger partial charge is 0.324 e. The minimum absolute atomic E-state index is 0.0392. The van der Waals surface area contributed by atoms with Gasteiger partial charge in [0.2, 0.25) is 10.0 Å². The van der Waals surface area contributed by atoms with Crippen molar-refractivity contribution in [2.24, 2.45) is 0 Å². The van der Waals surface area contributed by atoms with E-state index in [-0.39, 0.29) is 4.90 Å². The highest BCUT2D eigenvalue weighted by Crippen LogP contribution is 2.15. The number of hydrogen-bond donors (Lipinski definition) is 1. The van der Waals surface area contributed by atoms with Crippen molar-refractivity contribution >= 4 is 27.6 Å². The van der Waals surface area contributed by atoms with Crippen LogP contribution in [0.25, 0.3) is 0 Å². The zero-order valence-corrected chi connectivity index (χ0v) is 13.4. The third-order valence-corrected chi connectivity index (χ3v) is 4.02. The maximum Gasteiger partial charge on any atom is 0.324 e. The molecule has 0 unspecified atom stereocenters. The van der Waals surface area contributed by atoms with Crippen molar-refractivity contribution in [3.63, 3.8) is 0 Å². The lowest BCUT2D eigenvalue weighted by molar-refractivity contribution is -0.156. The largest absolute Gasteiger partial charge is 0.459 e. The minimum atomic E-state index is -3.79. The first-order valence-electron chi connectivity index (χ1n) is 6.02. The Bertz CT molecular complexity index is 575. The molecule has 0 amide bonds. The minimum Gasteiger partial charge on any atom is -0.459 e. The zero-order valence-electron chi connectivity index (χ0n) is 11.8. The maximum absolute atomic E-state index is 12.1. The first-order chi connectivity index (χ1) is 9.01. The van der Waals surface area contributed by atoms with E-state index in [4.69, 9.17) is 16.3 Å². The number of halogens is 1. The van der Waals surface area contributed by atoms with Gasteiger partial charge in [0.05, 0.1) is 4.90 Å². The van der Waals surface area contributed by atoms with E-state index in [2.05, 4.69) is 4.72 Å². The van der Waals surface area contributed by atoms with Crippen molar-refractivity contribution in [2.75, 3.05) is 0 Å². The van der Waals surface area contributed by atoms with Crippen LogP contribution in [0.2, 0.25) is 5.02 Å². The average Bonchev–Trinajstić information content (AvgIpc) is 2.26. The summed E-state index contributed by atoms with van der Waals surface area (Å²) < 4.78 is 31.5. The molecule has 0 aliphatic heterocycles. The van der Waals surface area contributed by atoms with Gasteiger partial charge in [0.15, 0.2) is 0 Å². The molecule has 1 N–H and O–H groups in total. The lowest BCUT2D eigenvalue weighted by atomic mass is 10.2. The summed E-state index contributed by atoms with van der Waals surface area (Å²) in [5.74, 6) is -0.630. The van der Waals surface area contributed by atoms with Gasteiger partial charge in [-0.3, -0.25) is 4.79 Å². The molecule has 0 bridgehead atoms. The maximum atomic E-state index is 12.1. The number of carbonyl (C=O) groups excluding carboxylic acids is 1. The van der Waals surface area contributed by atoms with Crippen LogP contribution in [-0.2, 0) is 19.6 Å². The third-order valence-electron chi connectivity index (χ3n) is 2.22. The summed E-state index contributed by atoms with van der Waals surface area (Å²) in [5.41, 5.74) is -0.670. The molecule has 0 heterocycles. The topological polar surface area (TPSA) is 72.5 Å². The van der Waals surface area contributed by atoms with Crippen LogP contribution in [0, 0.1) is 0 Å². The SMILES string of the molecule is C[C@H](NS(=O)(=O)c1ccc(Cl)cc1)C(=O)OC(C)(C)C. The van der Waals surface area contributed by atoms with Crippen LogP contribution in [0.1, 0.15) is 27.7 Å². The number of sulfonamides is 1. The van der Waals surface area contributed by atoms with E-state index in [9.17, 15) is 13.2 Å². The number of nitrogens with one attached hydrogen (secondary N) is 1. The second-order valence-corrected chi connectivity index (χ2v) is 7.48. The second kappa shape index (κ2) is 6.11. The highest BCUT2D eigenvalue weighted by Gasteiger charge is 2.26. The summed E-state index contributed by atoms with van der Waals surface area (Å²) in [7, 11) is -3.79. The first kappa shape index (κ1) is 16.9. The van der Waals surface area contributed by atoms with Gasteiger partial charge in [0, 0.05) is 5.02 Å². The van der Waals surface area contributed by atoms with Crippen LogP contribution >= 0.6 is 11.6 Å². The van der Waals surface area contributed by atoms with E-state index in [0.29, 0.717) is 5.02 Å². The van der Waals surface area contributed by atoms with E-state index in [1.807, 2.05) is 0 Å². The Balaban J connectivity index is 2.81. The van der Waals surface area contributed by atoms with E-state index < -0.39 is 27.6 Å². The summed E-state index contributed by atoms with van der Waals surface area (Å²) in [6.45, 7) is 6.57. The number of ether oxygens (including phenoxy) is 1. The van der Waals surface area contributed by atoms with Gasteiger partial charge in [-0.25, -0.2) is 8.42 Å². The van der Waals surface area contributed by atoms with Crippen LogP contribution in [0.15, 0.2) is 29.2 Å². The monoisotopic (exact) mass is 319 g/mol. The Morgan fingerprint density at radius 2 is 1.75 bits per heavy atom. The van der Waals surface area contributed by atoms with Gasteiger partial charge in [0.25, 0.3) is 0 Å². The molecule has 1 aromatic rings. The van der Waals surface area contributed by atoms with E-state index in [1.54, 1.807) is 20.8 Å². The lowest BCUT2D eigenvalue weighted by Gasteiger charge is -2.22. The molecule has 0 aliphatic rings. The van der Waals surface area contributed by atoms with Crippen LogP contribution < -0.4 is 4.72 Å². The van der Waals surface area contributed by atoms with Crippen molar-refractivity contribution in [3.05, 3.63) is 29.3 Å². The van der Waals surface area contributed by atoms with Crippen molar-refractivity contribution in [2.45, 2.75) is 44.2 Å². The fourth-order valence-electron chi connectivity index (χ4n) is 1.35. The highest BCUT2D eigenvalue weighted by atomic mass is 35.5. The molecular formula is C13H18ClNO4S. The van der Waals surface area contributed by atoms with Gasteiger partial charge in [-0.05, 0) is 52.0 Å². The molecule has 0 saturated heterocycles. The normalized spacial score (nSPS) is 13.8. The van der Waals surface area contributed by atoms with E-state index >= 15 is 0 Å². The van der Waals surface area contributed by atoms with Crippen LogP contribution in [0.5, 0.6) is 0 Å². The summed E-state index contributed by atoms with van der Waals surface area (Å²) in [5, 5.41) is 0.434. The fourth-order valence-corrected chi connectivity index (χ4v) is 2.67. The number of carbonyl (C=O) groups is 1. The molecule has 112 valence electrons. The summed E-state index contributed by atoms with van der Waals surface area (Å²) in [4.78, 5) is 11.8. The molecular weight excluding hydrogens is 302 g/mol. The van der Waals surface area contributed by atoms with Crippen molar-refractivity contribution < 1.29 is 17.9 Å². The van der Waals surface area contributed by atoms with E-state index in [0.717, 1.165) is 0 Å². The molecule has 0 fully saturated rings. The number of rotatable bonds is 4. The molecule has 1 atom stereocenters. The third kappa shape index (κ3) is 5.11. The Labute approximate surface area is 124 Å². The first-order valence-corrected chi connectivity index (χ1v) is 7.88. The molecule has 0 spiro atoms. The van der Waals surface area contributed by atoms with Crippen molar-refractivity contribution in [1.82, 2.24) is 4.72 Å². The summed E-state index contributed by atoms with van der Waals surface area (Å²) in [6.07, 6.45) is 0. The highest BCUT2D eigenvalue weighted by molar-refractivity contribution is 7.89. The number of esters is 1. The van der Waals surface area contributed by atoms with Gasteiger partial charge in [0.1, 0.15) is 11.6 Å². The van der Waals surface area contributed by atoms with Gasteiger partial charge in [-0.2, -0.15) is 4.72 Å². The van der Waals surface area contributed by atoms with Gasteiger partial charge >= 0.3 is 5.97 Å². The predicted octanol–water partition coefficient (Wildman–Crippen LogP) is 2.35. The van der Waals surface area contributed by atoms with Gasteiger partial charge < -0.3 is 4.74 Å². The Hall–Kier alpha value is -1.11. The number of hydrogen-bond acceptors (Lipinski definition) is 4. The molecule has 0 aromatic heterocycles. The molecule has 7 heteroatoms. The average molecular weight is 320 g/mol. The van der Waals surface area contributed by atoms with Crippen molar-refractivity contribution in [1.29, 1.82) is 0 Å². The predicted molar refractivity (Wildman–Crippen MR) is 77.1 cm³/mol.